The molecule has 0 aromatic heterocycles. The monoisotopic (exact) mass is 225 g/mol. The molecule has 0 aromatic carbocycles. The van der Waals surface area contributed by atoms with E-state index in [0.717, 1.165) is 5.92 Å². The van der Waals surface area contributed by atoms with Gasteiger partial charge >= 0.3 is 0 Å². The molecule has 1 nitrogen and oxygen atoms in total. The van der Waals surface area contributed by atoms with Gasteiger partial charge in [-0.25, -0.2) is 0 Å². The molecule has 16 heavy (non-hydrogen) atoms. The van der Waals surface area contributed by atoms with Crippen molar-refractivity contribution >= 4 is 0 Å². The summed E-state index contributed by atoms with van der Waals surface area (Å²) >= 11 is 0. The molecule has 1 aliphatic heterocycles. The van der Waals surface area contributed by atoms with Crippen molar-refractivity contribution in [3.8, 4) is 0 Å². The number of nitrogens with one attached hydrogen (secondary N) is 1. The third kappa shape index (κ3) is 4.45. The molecule has 2 atom stereocenters. The zero-order valence-electron chi connectivity index (χ0n) is 12.2. The highest BCUT2D eigenvalue weighted by atomic mass is 14.9. The lowest BCUT2D eigenvalue weighted by Crippen LogP contribution is -2.43. The molecule has 0 bridgehead atoms. The average Bonchev–Trinajstić information content (AvgIpc) is 2.25. The Balaban J connectivity index is 2.65. The van der Waals surface area contributed by atoms with Crippen LogP contribution in [0.5, 0.6) is 0 Å². The minimum absolute atomic E-state index is 0.414. The fraction of sp³-hybridized carbons (Fsp3) is 1.00. The largest absolute Gasteiger partial charge is 0.313 e. The van der Waals surface area contributed by atoms with Crippen molar-refractivity contribution < 1.29 is 0 Å². The van der Waals surface area contributed by atoms with Gasteiger partial charge in [-0.15, -0.1) is 0 Å². The van der Waals surface area contributed by atoms with E-state index in [4.69, 9.17) is 0 Å². The number of hydrogen-bond acceptors (Lipinski definition) is 1. The smallest absolute Gasteiger partial charge is 0.0121 e. The van der Waals surface area contributed by atoms with Crippen molar-refractivity contribution in [1.29, 1.82) is 0 Å². The molecule has 2 unspecified atom stereocenters. The minimum Gasteiger partial charge on any atom is -0.313 e. The molecule has 0 aromatic rings. The molecule has 1 aliphatic rings. The summed E-state index contributed by atoms with van der Waals surface area (Å²) in [5, 5.41) is 3.77. The first-order valence-corrected chi connectivity index (χ1v) is 6.94. The zero-order valence-corrected chi connectivity index (χ0v) is 12.2. The summed E-state index contributed by atoms with van der Waals surface area (Å²) in [7, 11) is 0. The molecule has 0 spiro atoms. The van der Waals surface area contributed by atoms with Crippen LogP contribution in [0.1, 0.15) is 67.2 Å². The van der Waals surface area contributed by atoms with E-state index in [2.05, 4.69) is 46.9 Å². The minimum atomic E-state index is 0.414. The van der Waals surface area contributed by atoms with Crippen molar-refractivity contribution in [3.05, 3.63) is 0 Å². The normalized spacial score (nSPS) is 28.9. The van der Waals surface area contributed by atoms with E-state index in [0.29, 0.717) is 16.9 Å². The Morgan fingerprint density at radius 2 is 1.75 bits per heavy atom. The second kappa shape index (κ2) is 5.08. The molecule has 1 fully saturated rings. The Labute approximate surface area is 102 Å². The SMILES string of the molecule is CC1CCCNC(C(C)(C)CC(C)(C)C)C1. The van der Waals surface area contributed by atoms with Gasteiger partial charge in [-0.2, -0.15) is 0 Å². The van der Waals surface area contributed by atoms with E-state index in [9.17, 15) is 0 Å². The van der Waals surface area contributed by atoms with Crippen molar-refractivity contribution in [3.63, 3.8) is 0 Å². The van der Waals surface area contributed by atoms with Gasteiger partial charge in [0.05, 0.1) is 0 Å². The topological polar surface area (TPSA) is 12.0 Å². The van der Waals surface area contributed by atoms with Gasteiger partial charge in [0, 0.05) is 6.04 Å². The van der Waals surface area contributed by atoms with Crippen LogP contribution in [-0.4, -0.2) is 12.6 Å². The van der Waals surface area contributed by atoms with Crippen LogP contribution in [0.15, 0.2) is 0 Å². The van der Waals surface area contributed by atoms with Crippen LogP contribution in [0.2, 0.25) is 0 Å². The second-order valence-electron chi connectivity index (χ2n) is 7.72. The van der Waals surface area contributed by atoms with E-state index in [1.807, 2.05) is 0 Å². The molecular weight excluding hydrogens is 194 g/mol. The summed E-state index contributed by atoms with van der Waals surface area (Å²) in [6.45, 7) is 15.6. The van der Waals surface area contributed by atoms with Crippen LogP contribution in [0.4, 0.5) is 0 Å². The zero-order chi connectivity index (χ0) is 12.4. The second-order valence-corrected chi connectivity index (χ2v) is 7.72. The lowest BCUT2D eigenvalue weighted by atomic mass is 9.70. The van der Waals surface area contributed by atoms with Crippen LogP contribution in [-0.2, 0) is 0 Å². The van der Waals surface area contributed by atoms with Crippen molar-refractivity contribution in [2.75, 3.05) is 6.54 Å². The highest BCUT2D eigenvalue weighted by Crippen LogP contribution is 2.38. The summed E-state index contributed by atoms with van der Waals surface area (Å²) in [6.07, 6.45) is 5.39. The predicted octanol–water partition coefficient (Wildman–Crippen LogP) is 4.23. The van der Waals surface area contributed by atoms with Gasteiger partial charge in [-0.1, -0.05) is 41.5 Å². The first-order chi connectivity index (χ1) is 7.21. The molecule has 1 heterocycles. The molecule has 1 N–H and O–H groups in total. The summed E-state index contributed by atoms with van der Waals surface area (Å²) in [5.41, 5.74) is 0.845. The number of rotatable bonds is 2. The molecular formula is C15H31N. The van der Waals surface area contributed by atoms with E-state index >= 15 is 0 Å². The van der Waals surface area contributed by atoms with Crippen LogP contribution >= 0.6 is 0 Å². The van der Waals surface area contributed by atoms with Crippen LogP contribution in [0.3, 0.4) is 0 Å². The third-order valence-electron chi connectivity index (χ3n) is 3.83. The summed E-state index contributed by atoms with van der Waals surface area (Å²) in [5.74, 6) is 0.888. The summed E-state index contributed by atoms with van der Waals surface area (Å²) in [6, 6.07) is 0.698. The molecule has 0 amide bonds. The molecule has 0 radical (unpaired) electrons. The fourth-order valence-electron chi connectivity index (χ4n) is 3.42. The Morgan fingerprint density at radius 3 is 2.31 bits per heavy atom. The quantitative estimate of drug-likeness (QED) is 0.741. The Bertz CT molecular complexity index is 212. The highest BCUT2D eigenvalue weighted by Gasteiger charge is 2.34. The maximum absolute atomic E-state index is 3.77. The van der Waals surface area contributed by atoms with Gasteiger partial charge in [0.15, 0.2) is 0 Å². The summed E-state index contributed by atoms with van der Waals surface area (Å²) in [4.78, 5) is 0. The van der Waals surface area contributed by atoms with Gasteiger partial charge in [-0.05, 0) is 49.0 Å². The lowest BCUT2D eigenvalue weighted by molar-refractivity contribution is 0.142. The van der Waals surface area contributed by atoms with Crippen LogP contribution < -0.4 is 5.32 Å². The molecule has 0 saturated carbocycles. The van der Waals surface area contributed by atoms with Crippen molar-refractivity contribution in [2.24, 2.45) is 16.7 Å². The van der Waals surface area contributed by atoms with Crippen LogP contribution in [0.25, 0.3) is 0 Å². The van der Waals surface area contributed by atoms with Crippen molar-refractivity contribution in [2.45, 2.75) is 73.3 Å². The average molecular weight is 225 g/mol. The lowest BCUT2D eigenvalue weighted by Gasteiger charge is -2.40. The molecule has 1 saturated heterocycles. The van der Waals surface area contributed by atoms with Crippen LogP contribution in [0, 0.1) is 16.7 Å². The van der Waals surface area contributed by atoms with Gasteiger partial charge in [0.25, 0.3) is 0 Å². The standard InChI is InChI=1S/C15H31N/c1-12-8-7-9-16-13(10-12)15(5,6)11-14(2,3)4/h12-13,16H,7-11H2,1-6H3. The third-order valence-corrected chi connectivity index (χ3v) is 3.83. The number of hydrogen-bond donors (Lipinski definition) is 1. The predicted molar refractivity (Wildman–Crippen MR) is 72.7 cm³/mol. The fourth-order valence-corrected chi connectivity index (χ4v) is 3.42. The summed E-state index contributed by atoms with van der Waals surface area (Å²) < 4.78 is 0. The van der Waals surface area contributed by atoms with E-state index in [1.165, 1.54) is 32.2 Å². The van der Waals surface area contributed by atoms with Gasteiger partial charge < -0.3 is 5.32 Å². The molecule has 96 valence electrons. The Kier molecular flexibility index (Phi) is 4.45. The Hall–Kier alpha value is -0.0400. The van der Waals surface area contributed by atoms with Gasteiger partial charge in [-0.3, -0.25) is 0 Å². The van der Waals surface area contributed by atoms with Gasteiger partial charge in [0.1, 0.15) is 0 Å². The maximum Gasteiger partial charge on any atom is 0.0121 e. The van der Waals surface area contributed by atoms with E-state index in [1.54, 1.807) is 0 Å². The Morgan fingerprint density at radius 1 is 1.12 bits per heavy atom. The first kappa shape index (κ1) is 14.0. The molecule has 1 rings (SSSR count). The highest BCUT2D eigenvalue weighted by molar-refractivity contribution is 4.89. The van der Waals surface area contributed by atoms with E-state index < -0.39 is 0 Å². The first-order valence-electron chi connectivity index (χ1n) is 6.94. The molecule has 0 aliphatic carbocycles. The van der Waals surface area contributed by atoms with E-state index in [-0.39, 0.29) is 0 Å². The van der Waals surface area contributed by atoms with Gasteiger partial charge in [0.2, 0.25) is 0 Å². The maximum atomic E-state index is 3.77. The van der Waals surface area contributed by atoms with Crippen molar-refractivity contribution in [1.82, 2.24) is 5.32 Å². The molecule has 1 heteroatoms.